The zero-order valence-corrected chi connectivity index (χ0v) is 18.1. The van der Waals surface area contributed by atoms with Crippen LogP contribution in [-0.2, 0) is 22.7 Å². The SMILES string of the molecule is O=C(CCCn1c(=O)oc2cc([N+](=O)[O-])ccc21)OCc1csc(-c2ccccc2Cl)n1. The van der Waals surface area contributed by atoms with Gasteiger partial charge in [-0.15, -0.1) is 11.3 Å². The van der Waals surface area contributed by atoms with E-state index in [1.165, 1.54) is 34.1 Å². The van der Waals surface area contributed by atoms with Crippen molar-refractivity contribution in [1.29, 1.82) is 0 Å². The molecule has 0 radical (unpaired) electrons. The minimum absolute atomic E-state index is 0.0397. The Morgan fingerprint density at radius 3 is 2.88 bits per heavy atom. The molecule has 0 N–H and O–H groups in total. The first-order chi connectivity index (χ1) is 15.4. The summed E-state index contributed by atoms with van der Waals surface area (Å²) in [5, 5.41) is 14.0. The van der Waals surface area contributed by atoms with Crippen LogP contribution in [0.4, 0.5) is 5.69 Å². The molecule has 32 heavy (non-hydrogen) atoms. The van der Waals surface area contributed by atoms with Crippen molar-refractivity contribution < 1.29 is 18.9 Å². The van der Waals surface area contributed by atoms with Crippen LogP contribution in [0.1, 0.15) is 18.5 Å². The number of halogens is 1. The topological polar surface area (TPSA) is 117 Å². The maximum Gasteiger partial charge on any atom is 0.419 e. The van der Waals surface area contributed by atoms with Crippen LogP contribution in [0.2, 0.25) is 5.02 Å². The molecule has 4 aromatic rings. The normalized spacial score (nSPS) is 11.0. The average molecular weight is 474 g/mol. The average Bonchev–Trinajstić information content (AvgIpc) is 3.36. The molecule has 0 aliphatic carbocycles. The number of hydrogen-bond acceptors (Lipinski definition) is 8. The molecule has 164 valence electrons. The molecule has 2 aromatic heterocycles. The molecule has 2 heterocycles. The van der Waals surface area contributed by atoms with Crippen molar-refractivity contribution in [2.24, 2.45) is 0 Å². The van der Waals surface area contributed by atoms with Gasteiger partial charge in [-0.1, -0.05) is 29.8 Å². The summed E-state index contributed by atoms with van der Waals surface area (Å²) in [6, 6.07) is 11.3. The molecule has 0 aliphatic rings. The second kappa shape index (κ2) is 9.33. The number of oxazole rings is 1. The Labute approximate surface area is 190 Å². The summed E-state index contributed by atoms with van der Waals surface area (Å²) in [6.07, 6.45) is 0.430. The molecule has 9 nitrogen and oxygen atoms in total. The number of carbonyl (C=O) groups is 1. The van der Waals surface area contributed by atoms with Gasteiger partial charge in [-0.25, -0.2) is 9.78 Å². The van der Waals surface area contributed by atoms with Crippen molar-refractivity contribution in [3.8, 4) is 10.6 Å². The standard InChI is InChI=1S/C21H16ClN3O6S/c22-16-5-2-1-4-15(16)20-23-13(12-32-20)11-30-19(26)6-3-9-24-17-8-7-14(25(28)29)10-18(17)31-21(24)27/h1-2,4-5,7-8,10,12H,3,6,9,11H2. The molecule has 0 fully saturated rings. The van der Waals surface area contributed by atoms with Crippen LogP contribution in [-0.4, -0.2) is 20.4 Å². The first kappa shape index (κ1) is 21.7. The zero-order chi connectivity index (χ0) is 22.7. The Hall–Kier alpha value is -3.50. The van der Waals surface area contributed by atoms with E-state index in [9.17, 15) is 19.7 Å². The summed E-state index contributed by atoms with van der Waals surface area (Å²) in [7, 11) is 0. The zero-order valence-electron chi connectivity index (χ0n) is 16.5. The van der Waals surface area contributed by atoms with Crippen molar-refractivity contribution >= 4 is 45.7 Å². The van der Waals surface area contributed by atoms with Crippen LogP contribution in [0.5, 0.6) is 0 Å². The molecule has 4 rings (SSSR count). The Morgan fingerprint density at radius 2 is 2.09 bits per heavy atom. The summed E-state index contributed by atoms with van der Waals surface area (Å²) < 4.78 is 11.7. The van der Waals surface area contributed by atoms with Gasteiger partial charge < -0.3 is 9.15 Å². The second-order valence-electron chi connectivity index (χ2n) is 6.82. The lowest BCUT2D eigenvalue weighted by Crippen LogP contribution is -2.15. The first-order valence-electron chi connectivity index (χ1n) is 9.55. The number of non-ortho nitro benzene ring substituents is 1. The number of ether oxygens (including phenoxy) is 1. The van der Waals surface area contributed by atoms with Gasteiger partial charge in [0, 0.05) is 30.0 Å². The minimum Gasteiger partial charge on any atom is -0.459 e. The highest BCUT2D eigenvalue weighted by atomic mass is 35.5. The van der Waals surface area contributed by atoms with Gasteiger partial charge in [-0.3, -0.25) is 19.5 Å². The third-order valence-electron chi connectivity index (χ3n) is 4.66. The third kappa shape index (κ3) is 4.71. The van der Waals surface area contributed by atoms with E-state index >= 15 is 0 Å². The van der Waals surface area contributed by atoms with Crippen LogP contribution >= 0.6 is 22.9 Å². The van der Waals surface area contributed by atoms with E-state index in [1.807, 2.05) is 23.6 Å². The van der Waals surface area contributed by atoms with Crippen molar-refractivity contribution in [3.05, 3.63) is 79.2 Å². The summed E-state index contributed by atoms with van der Waals surface area (Å²) >= 11 is 7.60. The molecule has 0 unspecified atom stereocenters. The van der Waals surface area contributed by atoms with E-state index in [0.29, 0.717) is 22.7 Å². The number of benzene rings is 2. The molecule has 0 saturated heterocycles. The summed E-state index contributed by atoms with van der Waals surface area (Å²) in [5.41, 5.74) is 1.84. The fourth-order valence-electron chi connectivity index (χ4n) is 3.12. The van der Waals surface area contributed by atoms with Crippen LogP contribution in [0.15, 0.2) is 57.1 Å². The number of fused-ring (bicyclic) bond motifs is 1. The number of esters is 1. The van der Waals surface area contributed by atoms with Crippen LogP contribution < -0.4 is 5.76 Å². The number of nitro groups is 1. The van der Waals surface area contributed by atoms with Gasteiger partial charge in [0.25, 0.3) is 5.69 Å². The molecule has 0 aliphatic heterocycles. The predicted molar refractivity (Wildman–Crippen MR) is 119 cm³/mol. The van der Waals surface area contributed by atoms with E-state index in [4.69, 9.17) is 20.8 Å². The number of nitrogens with zero attached hydrogens (tertiary/aromatic N) is 3. The monoisotopic (exact) mass is 473 g/mol. The first-order valence-corrected chi connectivity index (χ1v) is 10.8. The highest BCUT2D eigenvalue weighted by Crippen LogP contribution is 2.30. The van der Waals surface area contributed by atoms with Crippen molar-refractivity contribution in [3.63, 3.8) is 0 Å². The van der Waals surface area contributed by atoms with E-state index in [1.54, 1.807) is 6.07 Å². The van der Waals surface area contributed by atoms with Crippen molar-refractivity contribution in [2.75, 3.05) is 0 Å². The Bertz CT molecular complexity index is 1360. The minimum atomic E-state index is -0.636. The fraction of sp³-hybridized carbons (Fsp3) is 0.190. The van der Waals surface area contributed by atoms with Crippen LogP contribution in [0.25, 0.3) is 21.7 Å². The second-order valence-corrected chi connectivity index (χ2v) is 8.08. The maximum atomic E-state index is 12.1. The Balaban J connectivity index is 1.31. The molecular formula is C21H16ClN3O6S. The number of thiazole rings is 1. The lowest BCUT2D eigenvalue weighted by molar-refractivity contribution is -0.384. The Morgan fingerprint density at radius 1 is 1.28 bits per heavy atom. The van der Waals surface area contributed by atoms with Gasteiger partial charge in [-0.2, -0.15) is 0 Å². The van der Waals surface area contributed by atoms with Crippen molar-refractivity contribution in [1.82, 2.24) is 9.55 Å². The largest absolute Gasteiger partial charge is 0.459 e. The number of rotatable bonds is 8. The molecule has 11 heteroatoms. The molecule has 0 bridgehead atoms. The van der Waals surface area contributed by atoms with Crippen LogP contribution in [0, 0.1) is 10.1 Å². The molecule has 0 atom stereocenters. The van der Waals surface area contributed by atoms with Gasteiger partial charge in [0.1, 0.15) is 11.6 Å². The van der Waals surface area contributed by atoms with E-state index in [0.717, 1.165) is 10.6 Å². The third-order valence-corrected chi connectivity index (χ3v) is 5.92. The smallest absolute Gasteiger partial charge is 0.419 e. The lowest BCUT2D eigenvalue weighted by atomic mass is 10.2. The highest BCUT2D eigenvalue weighted by molar-refractivity contribution is 7.13. The summed E-state index contributed by atoms with van der Waals surface area (Å²) in [5.74, 6) is -1.06. The van der Waals surface area contributed by atoms with Gasteiger partial charge in [-0.05, 0) is 18.6 Å². The number of carbonyl (C=O) groups excluding carboxylic acids is 1. The highest BCUT2D eigenvalue weighted by Gasteiger charge is 2.15. The number of aryl methyl sites for hydroxylation is 1. The molecule has 0 spiro atoms. The quantitative estimate of drug-likeness (QED) is 0.205. The van der Waals surface area contributed by atoms with E-state index in [2.05, 4.69) is 4.98 Å². The summed E-state index contributed by atoms with van der Waals surface area (Å²) in [6.45, 7) is 0.254. The fourth-order valence-corrected chi connectivity index (χ4v) is 4.24. The summed E-state index contributed by atoms with van der Waals surface area (Å²) in [4.78, 5) is 38.9. The number of aromatic nitrogens is 2. The molecule has 0 amide bonds. The molecular weight excluding hydrogens is 458 g/mol. The number of hydrogen-bond donors (Lipinski definition) is 0. The van der Waals surface area contributed by atoms with Crippen LogP contribution in [0.3, 0.4) is 0 Å². The maximum absolute atomic E-state index is 12.1. The molecule has 0 saturated carbocycles. The van der Waals surface area contributed by atoms with Gasteiger partial charge in [0.15, 0.2) is 5.58 Å². The van der Waals surface area contributed by atoms with E-state index < -0.39 is 16.6 Å². The van der Waals surface area contributed by atoms with Crippen molar-refractivity contribution in [2.45, 2.75) is 26.0 Å². The van der Waals surface area contributed by atoms with Gasteiger partial charge in [0.2, 0.25) is 0 Å². The predicted octanol–water partition coefficient (Wildman–Crippen LogP) is 4.80. The Kier molecular flexibility index (Phi) is 6.33. The van der Waals surface area contributed by atoms with Gasteiger partial charge in [0.05, 0.1) is 27.2 Å². The van der Waals surface area contributed by atoms with E-state index in [-0.39, 0.29) is 30.8 Å². The number of nitro benzene ring substituents is 1. The lowest BCUT2D eigenvalue weighted by Gasteiger charge is -2.04. The molecule has 2 aromatic carbocycles. The van der Waals surface area contributed by atoms with Gasteiger partial charge >= 0.3 is 11.7 Å².